The maximum atomic E-state index is 11.8. The summed E-state index contributed by atoms with van der Waals surface area (Å²) in [5.41, 5.74) is 0. The number of carbonyl (C=O) groups excluding carboxylic acids is 2. The first-order valence-electron chi connectivity index (χ1n) is 4.49. The first-order chi connectivity index (χ1) is 6.85. The predicted molar refractivity (Wildman–Crippen MR) is 44.9 cm³/mol. The third-order valence-electron chi connectivity index (χ3n) is 2.11. The van der Waals surface area contributed by atoms with E-state index in [1.165, 1.54) is 0 Å². The van der Waals surface area contributed by atoms with Gasteiger partial charge in [0.25, 0.3) is 0 Å². The summed E-state index contributed by atoms with van der Waals surface area (Å²) in [4.78, 5) is 23.4. The number of halogens is 3. The first kappa shape index (κ1) is 12.0. The van der Waals surface area contributed by atoms with Crippen LogP contribution in [0.25, 0.3) is 0 Å². The maximum absolute atomic E-state index is 11.8. The predicted octanol–water partition coefficient (Wildman–Crippen LogP) is 0.286. The second-order valence-corrected chi connectivity index (χ2v) is 3.23. The summed E-state index contributed by atoms with van der Waals surface area (Å²) in [6, 6.07) is -1.03. The van der Waals surface area contributed by atoms with Gasteiger partial charge in [0.2, 0.25) is 11.8 Å². The summed E-state index contributed by atoms with van der Waals surface area (Å²) >= 11 is 0. The number of alkyl halides is 3. The van der Waals surface area contributed by atoms with Gasteiger partial charge in [0.1, 0.15) is 0 Å². The van der Waals surface area contributed by atoms with Crippen LogP contribution < -0.4 is 5.32 Å². The minimum atomic E-state index is -4.37. The van der Waals surface area contributed by atoms with Crippen molar-refractivity contribution in [2.24, 2.45) is 0 Å². The molecule has 1 N–H and O–H groups in total. The van der Waals surface area contributed by atoms with E-state index in [9.17, 15) is 22.8 Å². The van der Waals surface area contributed by atoms with E-state index in [-0.39, 0.29) is 13.0 Å². The molecule has 0 aromatic heterocycles. The average Bonchev–Trinajstić information content (AvgIpc) is 2.37. The van der Waals surface area contributed by atoms with Gasteiger partial charge in [0, 0.05) is 6.54 Å². The van der Waals surface area contributed by atoms with Crippen molar-refractivity contribution >= 4 is 11.8 Å². The number of carbonyl (C=O) groups is 2. The van der Waals surface area contributed by atoms with Crippen LogP contribution in [0.4, 0.5) is 13.2 Å². The summed E-state index contributed by atoms with van der Waals surface area (Å²) in [7, 11) is 0. The summed E-state index contributed by atoms with van der Waals surface area (Å²) in [6.07, 6.45) is -4.56. The summed E-state index contributed by atoms with van der Waals surface area (Å²) in [5, 5.41) is 2.03. The minimum Gasteiger partial charge on any atom is -0.297 e. The lowest BCUT2D eigenvalue weighted by molar-refractivity contribution is -0.139. The van der Waals surface area contributed by atoms with Gasteiger partial charge in [-0.3, -0.25) is 19.8 Å². The van der Waals surface area contributed by atoms with Crippen molar-refractivity contribution in [3.05, 3.63) is 0 Å². The molecule has 1 aliphatic heterocycles. The van der Waals surface area contributed by atoms with E-state index < -0.39 is 30.6 Å². The Balaban J connectivity index is 2.52. The van der Waals surface area contributed by atoms with Gasteiger partial charge in [-0.15, -0.1) is 0 Å². The molecule has 0 aromatic carbocycles. The third-order valence-corrected chi connectivity index (χ3v) is 2.11. The molecule has 1 aliphatic rings. The van der Waals surface area contributed by atoms with Crippen LogP contribution in [0.2, 0.25) is 0 Å². The van der Waals surface area contributed by atoms with Crippen molar-refractivity contribution in [3.63, 3.8) is 0 Å². The Labute approximate surface area is 84.4 Å². The van der Waals surface area contributed by atoms with Crippen molar-refractivity contribution < 1.29 is 22.8 Å². The number of nitrogens with zero attached hydrogens (tertiary/aromatic N) is 1. The molecule has 0 bridgehead atoms. The van der Waals surface area contributed by atoms with Crippen molar-refractivity contribution in [2.75, 3.05) is 13.1 Å². The van der Waals surface area contributed by atoms with Crippen molar-refractivity contribution in [2.45, 2.75) is 25.6 Å². The van der Waals surface area contributed by atoms with Crippen LogP contribution in [-0.2, 0) is 9.59 Å². The number of imide groups is 1. The summed E-state index contributed by atoms with van der Waals surface area (Å²) in [6.45, 7) is 0.540. The lowest BCUT2D eigenvalue weighted by atomic mass is 10.2. The fourth-order valence-electron chi connectivity index (χ4n) is 1.41. The molecule has 1 heterocycles. The molecular formula is C8H11F3N2O2. The Morgan fingerprint density at radius 1 is 1.47 bits per heavy atom. The Morgan fingerprint density at radius 3 is 2.47 bits per heavy atom. The zero-order valence-corrected chi connectivity index (χ0v) is 8.10. The normalized spacial score (nSPS) is 22.7. The molecule has 1 saturated heterocycles. The minimum absolute atomic E-state index is 0.192. The molecule has 1 atom stereocenters. The molecule has 1 fully saturated rings. The van der Waals surface area contributed by atoms with Gasteiger partial charge >= 0.3 is 6.18 Å². The largest absolute Gasteiger partial charge is 0.401 e. The highest BCUT2D eigenvalue weighted by Gasteiger charge is 2.39. The molecule has 2 amide bonds. The highest BCUT2D eigenvalue weighted by molar-refractivity contribution is 6.05. The SMILES string of the molecule is CCN1C(=O)CC(NCC(F)(F)F)C1=O. The average molecular weight is 224 g/mol. The van der Waals surface area contributed by atoms with E-state index in [1.54, 1.807) is 6.92 Å². The summed E-state index contributed by atoms with van der Waals surface area (Å²) < 4.78 is 35.5. The molecule has 1 rings (SSSR count). The topological polar surface area (TPSA) is 49.4 Å². The number of hydrogen-bond donors (Lipinski definition) is 1. The van der Waals surface area contributed by atoms with E-state index in [2.05, 4.69) is 0 Å². The summed E-state index contributed by atoms with van der Waals surface area (Å²) in [5.74, 6) is -1.01. The highest BCUT2D eigenvalue weighted by Crippen LogP contribution is 2.16. The molecule has 0 aromatic rings. The van der Waals surface area contributed by atoms with E-state index in [1.807, 2.05) is 5.32 Å². The molecule has 0 aliphatic carbocycles. The standard InChI is InChI=1S/C8H11F3N2O2/c1-2-13-6(14)3-5(7(13)15)12-4-8(9,10)11/h5,12H,2-4H2,1H3. The van der Waals surface area contributed by atoms with E-state index in [4.69, 9.17) is 0 Å². The van der Waals surface area contributed by atoms with Crippen LogP contribution in [-0.4, -0.2) is 42.0 Å². The third kappa shape index (κ3) is 2.92. The molecule has 0 spiro atoms. The molecule has 4 nitrogen and oxygen atoms in total. The van der Waals surface area contributed by atoms with Gasteiger partial charge in [0.05, 0.1) is 19.0 Å². The number of amides is 2. The van der Waals surface area contributed by atoms with Crippen molar-refractivity contribution in [1.82, 2.24) is 10.2 Å². The zero-order chi connectivity index (χ0) is 11.6. The van der Waals surface area contributed by atoms with Gasteiger partial charge in [0.15, 0.2) is 0 Å². The molecule has 0 radical (unpaired) electrons. The molecule has 15 heavy (non-hydrogen) atoms. The van der Waals surface area contributed by atoms with Crippen LogP contribution in [0.5, 0.6) is 0 Å². The van der Waals surface area contributed by atoms with Gasteiger partial charge in [-0.1, -0.05) is 0 Å². The van der Waals surface area contributed by atoms with Gasteiger partial charge in [-0.25, -0.2) is 0 Å². The number of nitrogens with one attached hydrogen (secondary N) is 1. The lowest BCUT2D eigenvalue weighted by Gasteiger charge is -2.14. The van der Waals surface area contributed by atoms with Gasteiger partial charge in [-0.05, 0) is 6.92 Å². The van der Waals surface area contributed by atoms with Crippen LogP contribution in [0.1, 0.15) is 13.3 Å². The quantitative estimate of drug-likeness (QED) is 0.701. The zero-order valence-electron chi connectivity index (χ0n) is 8.10. The fourth-order valence-corrected chi connectivity index (χ4v) is 1.41. The second kappa shape index (κ2) is 4.18. The number of likely N-dealkylation sites (tertiary alicyclic amines) is 1. The lowest BCUT2D eigenvalue weighted by Crippen LogP contribution is -2.42. The Morgan fingerprint density at radius 2 is 2.07 bits per heavy atom. The Kier molecular flexibility index (Phi) is 3.33. The Hall–Kier alpha value is -1.11. The van der Waals surface area contributed by atoms with Crippen LogP contribution >= 0.6 is 0 Å². The van der Waals surface area contributed by atoms with Crippen molar-refractivity contribution in [3.8, 4) is 0 Å². The Bertz CT molecular complexity index is 278. The number of rotatable bonds is 3. The molecule has 0 saturated carbocycles. The van der Waals surface area contributed by atoms with Crippen LogP contribution in [0.3, 0.4) is 0 Å². The van der Waals surface area contributed by atoms with E-state index >= 15 is 0 Å². The van der Waals surface area contributed by atoms with Gasteiger partial charge in [-0.2, -0.15) is 13.2 Å². The second-order valence-electron chi connectivity index (χ2n) is 3.23. The molecule has 1 unspecified atom stereocenters. The molecule has 86 valence electrons. The smallest absolute Gasteiger partial charge is 0.297 e. The maximum Gasteiger partial charge on any atom is 0.401 e. The van der Waals surface area contributed by atoms with Gasteiger partial charge < -0.3 is 0 Å². The first-order valence-corrected chi connectivity index (χ1v) is 4.49. The van der Waals surface area contributed by atoms with E-state index in [0.29, 0.717) is 0 Å². The van der Waals surface area contributed by atoms with Crippen LogP contribution in [0, 0.1) is 0 Å². The van der Waals surface area contributed by atoms with E-state index in [0.717, 1.165) is 4.90 Å². The number of likely N-dealkylation sites (N-methyl/N-ethyl adjacent to an activating group) is 1. The molecule has 7 heteroatoms. The van der Waals surface area contributed by atoms with Crippen molar-refractivity contribution in [1.29, 1.82) is 0 Å². The fraction of sp³-hybridized carbons (Fsp3) is 0.750. The highest BCUT2D eigenvalue weighted by atomic mass is 19.4. The monoisotopic (exact) mass is 224 g/mol. The number of hydrogen-bond acceptors (Lipinski definition) is 3. The molecular weight excluding hydrogens is 213 g/mol. The van der Waals surface area contributed by atoms with Crippen LogP contribution in [0.15, 0.2) is 0 Å².